The standard InChI is InChI=1S/C33H21NOS/c1-3-4-10-21-19(2)36-28-17-16-24-25-14-15-26-23-12-7-8-13-27(23)35-33(26)32(25)34-18-20-9-5-6-11-22(20)31(34)30(24)29(21)28/h3-18H,1H2,2H3/b10-4-. The maximum atomic E-state index is 6.55. The second-order valence-electron chi connectivity index (χ2n) is 9.40. The number of benzene rings is 4. The van der Waals surface area contributed by atoms with Gasteiger partial charge >= 0.3 is 0 Å². The SMILES string of the molecule is C=C/C=C\c1c(C)sc2ccc3c4ccc5c6ccccc6oc5c4n4cc5ccccc5c4c3c12. The van der Waals surface area contributed by atoms with Gasteiger partial charge in [0.25, 0.3) is 0 Å². The monoisotopic (exact) mass is 479 g/mol. The van der Waals surface area contributed by atoms with Gasteiger partial charge in [-0.25, -0.2) is 0 Å². The van der Waals surface area contributed by atoms with E-state index in [2.05, 4.69) is 96.9 Å². The van der Waals surface area contributed by atoms with E-state index < -0.39 is 0 Å². The number of hydrogen-bond donors (Lipinski definition) is 0. The van der Waals surface area contributed by atoms with E-state index in [1.165, 1.54) is 53.0 Å². The van der Waals surface area contributed by atoms with Crippen LogP contribution in [-0.4, -0.2) is 4.40 Å². The summed E-state index contributed by atoms with van der Waals surface area (Å²) < 4.78 is 10.2. The highest BCUT2D eigenvalue weighted by Crippen LogP contribution is 2.45. The van der Waals surface area contributed by atoms with Crippen LogP contribution in [0.4, 0.5) is 0 Å². The van der Waals surface area contributed by atoms with Crippen molar-refractivity contribution in [2.24, 2.45) is 0 Å². The van der Waals surface area contributed by atoms with Crippen LogP contribution in [0.2, 0.25) is 0 Å². The lowest BCUT2D eigenvalue weighted by Crippen LogP contribution is -1.91. The molecule has 0 aliphatic heterocycles. The maximum Gasteiger partial charge on any atom is 0.160 e. The van der Waals surface area contributed by atoms with Crippen LogP contribution in [0.1, 0.15) is 10.4 Å². The molecule has 0 aliphatic rings. The predicted molar refractivity (Wildman–Crippen MR) is 157 cm³/mol. The van der Waals surface area contributed by atoms with Gasteiger partial charge in [0.05, 0.1) is 11.0 Å². The van der Waals surface area contributed by atoms with E-state index in [1.54, 1.807) is 0 Å². The van der Waals surface area contributed by atoms with Crippen LogP contribution in [0.15, 0.2) is 102 Å². The number of aromatic nitrogens is 1. The van der Waals surface area contributed by atoms with Crippen molar-refractivity contribution in [3.63, 3.8) is 0 Å². The number of para-hydroxylation sites is 1. The zero-order chi connectivity index (χ0) is 24.0. The first-order chi connectivity index (χ1) is 17.7. The molecular formula is C33H21NOS. The van der Waals surface area contributed by atoms with Crippen molar-refractivity contribution in [1.29, 1.82) is 0 Å². The summed E-state index contributed by atoms with van der Waals surface area (Å²) in [6.07, 6.45) is 8.37. The van der Waals surface area contributed by atoms with Gasteiger partial charge < -0.3 is 8.82 Å². The van der Waals surface area contributed by atoms with E-state index in [0.29, 0.717) is 0 Å². The van der Waals surface area contributed by atoms with E-state index in [-0.39, 0.29) is 0 Å². The number of aryl methyl sites for hydroxylation is 1. The number of nitrogens with zero attached hydrogens (tertiary/aromatic N) is 1. The van der Waals surface area contributed by atoms with Crippen LogP contribution in [0.5, 0.6) is 0 Å². The molecule has 0 unspecified atom stereocenters. The number of hydrogen-bond acceptors (Lipinski definition) is 2. The average molecular weight is 480 g/mol. The molecule has 4 heterocycles. The van der Waals surface area contributed by atoms with Crippen molar-refractivity contribution in [2.45, 2.75) is 6.92 Å². The first-order valence-electron chi connectivity index (χ1n) is 12.2. The fraction of sp³-hybridized carbons (Fsp3) is 0.0303. The van der Waals surface area contributed by atoms with Crippen LogP contribution in [0, 0.1) is 6.92 Å². The van der Waals surface area contributed by atoms with Gasteiger partial charge in [0.15, 0.2) is 5.58 Å². The molecule has 2 nitrogen and oxygen atoms in total. The largest absolute Gasteiger partial charge is 0.454 e. The Hall–Kier alpha value is -4.34. The molecule has 0 amide bonds. The van der Waals surface area contributed by atoms with Gasteiger partial charge in [0.1, 0.15) is 5.58 Å². The van der Waals surface area contributed by atoms with E-state index in [4.69, 9.17) is 4.42 Å². The molecule has 0 N–H and O–H groups in total. The van der Waals surface area contributed by atoms with Crippen molar-refractivity contribution >= 4 is 87.4 Å². The van der Waals surface area contributed by atoms with E-state index in [0.717, 1.165) is 27.5 Å². The van der Waals surface area contributed by atoms with Gasteiger partial charge in [-0.05, 0) is 36.1 Å². The Morgan fingerprint density at radius 2 is 1.56 bits per heavy atom. The van der Waals surface area contributed by atoms with E-state index in [9.17, 15) is 0 Å². The highest BCUT2D eigenvalue weighted by atomic mass is 32.1. The summed E-state index contributed by atoms with van der Waals surface area (Å²) in [5, 5.41) is 9.85. The second-order valence-corrected chi connectivity index (χ2v) is 10.7. The quantitative estimate of drug-likeness (QED) is 0.178. The summed E-state index contributed by atoms with van der Waals surface area (Å²) in [6.45, 7) is 6.12. The minimum atomic E-state index is 0.922. The lowest BCUT2D eigenvalue weighted by atomic mass is 9.97. The normalized spacial score (nSPS) is 12.6. The Labute approximate surface area is 211 Å². The molecule has 0 saturated heterocycles. The summed E-state index contributed by atoms with van der Waals surface area (Å²) >= 11 is 1.86. The van der Waals surface area contributed by atoms with Crippen LogP contribution < -0.4 is 0 Å². The van der Waals surface area contributed by atoms with Gasteiger partial charge in [-0.15, -0.1) is 11.3 Å². The predicted octanol–water partition coefficient (Wildman–Crippen LogP) is 10.0. The minimum Gasteiger partial charge on any atom is -0.454 e. The maximum absolute atomic E-state index is 6.55. The zero-order valence-corrected chi connectivity index (χ0v) is 20.5. The Morgan fingerprint density at radius 1 is 0.778 bits per heavy atom. The van der Waals surface area contributed by atoms with Gasteiger partial charge in [-0.3, -0.25) is 0 Å². The molecule has 3 heteroatoms. The number of rotatable bonds is 2. The van der Waals surface area contributed by atoms with Crippen LogP contribution in [-0.2, 0) is 0 Å². The third-order valence-electron chi connectivity index (χ3n) is 7.49. The van der Waals surface area contributed by atoms with Crippen molar-refractivity contribution in [3.8, 4) is 0 Å². The third kappa shape index (κ3) is 2.45. The Bertz CT molecular complexity index is 2240. The molecule has 4 aromatic heterocycles. The highest BCUT2D eigenvalue weighted by molar-refractivity contribution is 7.19. The third-order valence-corrected chi connectivity index (χ3v) is 8.58. The molecule has 0 atom stereocenters. The van der Waals surface area contributed by atoms with Crippen molar-refractivity contribution in [3.05, 3.63) is 108 Å². The van der Waals surface area contributed by atoms with Crippen LogP contribution in [0.3, 0.4) is 0 Å². The molecule has 0 bridgehead atoms. The summed E-state index contributed by atoms with van der Waals surface area (Å²) in [4.78, 5) is 1.32. The van der Waals surface area contributed by atoms with Crippen molar-refractivity contribution in [1.82, 2.24) is 4.40 Å². The molecule has 36 heavy (non-hydrogen) atoms. The second kappa shape index (κ2) is 7.09. The van der Waals surface area contributed by atoms with Gasteiger partial charge in [0, 0.05) is 53.5 Å². The van der Waals surface area contributed by atoms with Crippen LogP contribution in [0.25, 0.3) is 76.1 Å². The van der Waals surface area contributed by atoms with Crippen molar-refractivity contribution < 1.29 is 4.42 Å². The van der Waals surface area contributed by atoms with Gasteiger partial charge in [-0.2, -0.15) is 0 Å². The smallest absolute Gasteiger partial charge is 0.160 e. The summed E-state index contributed by atoms with van der Waals surface area (Å²) in [6, 6.07) is 26.1. The molecule has 0 aliphatic carbocycles. The zero-order valence-electron chi connectivity index (χ0n) is 19.7. The highest BCUT2D eigenvalue weighted by Gasteiger charge is 2.21. The Balaban J connectivity index is 1.73. The Kier molecular flexibility index (Phi) is 3.92. The van der Waals surface area contributed by atoms with Crippen LogP contribution >= 0.6 is 11.3 Å². The van der Waals surface area contributed by atoms with Gasteiger partial charge in [0.2, 0.25) is 0 Å². The topological polar surface area (TPSA) is 17.6 Å². The molecule has 8 aromatic rings. The number of fused-ring (bicyclic) bond motifs is 14. The fourth-order valence-electron chi connectivity index (χ4n) is 5.99. The van der Waals surface area contributed by atoms with E-state index in [1.807, 2.05) is 29.6 Å². The first-order valence-corrected chi connectivity index (χ1v) is 13.0. The fourth-order valence-corrected chi connectivity index (χ4v) is 7.05. The molecule has 0 fully saturated rings. The lowest BCUT2D eigenvalue weighted by Gasteiger charge is -2.12. The molecule has 0 spiro atoms. The number of allylic oxidation sites excluding steroid dienone is 2. The average Bonchev–Trinajstić information content (AvgIpc) is 3.57. The lowest BCUT2D eigenvalue weighted by molar-refractivity contribution is 0.671. The Morgan fingerprint density at radius 3 is 2.44 bits per heavy atom. The minimum absolute atomic E-state index is 0.922. The van der Waals surface area contributed by atoms with Crippen molar-refractivity contribution in [2.75, 3.05) is 0 Å². The first kappa shape index (κ1) is 19.9. The molecule has 8 rings (SSSR count). The molecule has 0 saturated carbocycles. The molecular weight excluding hydrogens is 458 g/mol. The van der Waals surface area contributed by atoms with E-state index >= 15 is 0 Å². The van der Waals surface area contributed by atoms with Gasteiger partial charge in [-0.1, -0.05) is 79.4 Å². The summed E-state index contributed by atoms with van der Waals surface area (Å²) in [7, 11) is 0. The number of pyridine rings is 1. The summed E-state index contributed by atoms with van der Waals surface area (Å²) in [5.41, 5.74) is 5.49. The molecule has 0 radical (unpaired) electrons. The number of furan rings is 1. The molecule has 170 valence electrons. The molecule has 4 aromatic carbocycles. The number of thiophene rings is 1. The summed E-state index contributed by atoms with van der Waals surface area (Å²) in [5.74, 6) is 0.